The fraction of sp³-hybridized carbons (Fsp3) is 0.286. The van der Waals surface area contributed by atoms with Crippen molar-refractivity contribution in [3.05, 3.63) is 105 Å². The number of amides is 2. The second-order valence-corrected chi connectivity index (χ2v) is 9.26. The van der Waals surface area contributed by atoms with Crippen LogP contribution in [0.15, 0.2) is 72.8 Å². The Kier molecular flexibility index (Phi) is 9.55. The van der Waals surface area contributed by atoms with Gasteiger partial charge in [-0.2, -0.15) is 0 Å². The first-order valence-corrected chi connectivity index (χ1v) is 12.2. The lowest BCUT2D eigenvalue weighted by molar-refractivity contribution is -0.140. The van der Waals surface area contributed by atoms with Gasteiger partial charge in [0.05, 0.1) is 6.42 Å². The number of hydrogen-bond donors (Lipinski definition) is 1. The van der Waals surface area contributed by atoms with Crippen LogP contribution in [0.25, 0.3) is 0 Å². The molecule has 6 heteroatoms. The minimum atomic E-state index is -0.658. The summed E-state index contributed by atoms with van der Waals surface area (Å²) in [6.45, 7) is 4.90. The van der Waals surface area contributed by atoms with E-state index in [1.807, 2.05) is 68.4 Å². The van der Waals surface area contributed by atoms with E-state index in [2.05, 4.69) is 5.32 Å². The molecule has 0 aliphatic heterocycles. The maximum Gasteiger partial charge on any atom is 0.243 e. The zero-order valence-electron chi connectivity index (χ0n) is 19.6. The van der Waals surface area contributed by atoms with Gasteiger partial charge < -0.3 is 10.2 Å². The van der Waals surface area contributed by atoms with E-state index in [4.69, 9.17) is 23.2 Å². The van der Waals surface area contributed by atoms with Gasteiger partial charge in [-0.05, 0) is 42.2 Å². The lowest BCUT2D eigenvalue weighted by Crippen LogP contribution is -2.51. The Morgan fingerprint density at radius 3 is 2.29 bits per heavy atom. The summed E-state index contributed by atoms with van der Waals surface area (Å²) >= 11 is 12.4. The smallest absolute Gasteiger partial charge is 0.243 e. The average Bonchev–Trinajstić information content (AvgIpc) is 2.83. The zero-order chi connectivity index (χ0) is 24.5. The molecule has 3 rings (SSSR count). The second kappa shape index (κ2) is 12.6. The van der Waals surface area contributed by atoms with Crippen LogP contribution in [0.3, 0.4) is 0 Å². The number of aryl methyl sites for hydroxylation is 1. The fourth-order valence-corrected chi connectivity index (χ4v) is 4.21. The molecule has 0 unspecified atom stereocenters. The van der Waals surface area contributed by atoms with Gasteiger partial charge in [0.25, 0.3) is 0 Å². The predicted molar refractivity (Wildman–Crippen MR) is 139 cm³/mol. The predicted octanol–water partition coefficient (Wildman–Crippen LogP) is 6.01. The standard InChI is InChI=1S/C28H30Cl2N2O2/c1-3-15-31-28(34)26(16-21-7-5-4-6-8-21)32(19-22-11-9-20(2)10-12-22)27(33)17-23-13-14-24(29)18-25(23)30/h4-14,18,26H,3,15-17,19H2,1-2H3,(H,31,34)/t26-/m0/s1. The third-order valence-electron chi connectivity index (χ3n) is 5.65. The Labute approximate surface area is 211 Å². The summed E-state index contributed by atoms with van der Waals surface area (Å²) in [6.07, 6.45) is 1.31. The SMILES string of the molecule is CCCNC(=O)[C@H](Cc1ccccc1)N(Cc1ccc(C)cc1)C(=O)Cc1ccc(Cl)cc1Cl. The quantitative estimate of drug-likeness (QED) is 0.373. The zero-order valence-corrected chi connectivity index (χ0v) is 21.1. The Hall–Kier alpha value is -2.82. The molecule has 1 atom stereocenters. The number of hydrogen-bond acceptors (Lipinski definition) is 2. The molecule has 2 amide bonds. The molecule has 3 aromatic rings. The number of rotatable bonds is 10. The number of halogens is 2. The lowest BCUT2D eigenvalue weighted by atomic mass is 10.0. The minimum absolute atomic E-state index is 0.0776. The molecule has 178 valence electrons. The normalized spacial score (nSPS) is 11.6. The Morgan fingerprint density at radius 1 is 0.941 bits per heavy atom. The average molecular weight is 497 g/mol. The summed E-state index contributed by atoms with van der Waals surface area (Å²) in [5.41, 5.74) is 3.77. The van der Waals surface area contributed by atoms with E-state index >= 15 is 0 Å². The molecule has 3 aromatic carbocycles. The van der Waals surface area contributed by atoms with Crippen LogP contribution in [0.4, 0.5) is 0 Å². The molecule has 0 bridgehead atoms. The van der Waals surface area contributed by atoms with Crippen molar-refractivity contribution >= 4 is 35.0 Å². The van der Waals surface area contributed by atoms with Crippen molar-refractivity contribution in [2.24, 2.45) is 0 Å². The van der Waals surface area contributed by atoms with Crippen LogP contribution in [0.2, 0.25) is 10.0 Å². The van der Waals surface area contributed by atoms with Crippen molar-refractivity contribution in [2.45, 2.75) is 45.7 Å². The van der Waals surface area contributed by atoms with Crippen LogP contribution in [0.5, 0.6) is 0 Å². The topological polar surface area (TPSA) is 49.4 Å². The molecule has 0 aliphatic rings. The van der Waals surface area contributed by atoms with Gasteiger partial charge >= 0.3 is 0 Å². The van der Waals surface area contributed by atoms with Crippen LogP contribution in [0.1, 0.15) is 35.6 Å². The molecular formula is C28H30Cl2N2O2. The van der Waals surface area contributed by atoms with Gasteiger partial charge in [0.1, 0.15) is 6.04 Å². The molecule has 0 aliphatic carbocycles. The van der Waals surface area contributed by atoms with Crippen LogP contribution < -0.4 is 5.32 Å². The number of nitrogens with one attached hydrogen (secondary N) is 1. The van der Waals surface area contributed by atoms with E-state index in [1.54, 1.807) is 23.1 Å². The van der Waals surface area contributed by atoms with Gasteiger partial charge in [-0.1, -0.05) is 96.4 Å². The number of nitrogens with zero attached hydrogens (tertiary/aromatic N) is 1. The highest BCUT2D eigenvalue weighted by Gasteiger charge is 2.30. The largest absolute Gasteiger partial charge is 0.354 e. The Balaban J connectivity index is 1.96. The van der Waals surface area contributed by atoms with Gasteiger partial charge in [-0.15, -0.1) is 0 Å². The first-order chi connectivity index (χ1) is 16.4. The maximum atomic E-state index is 13.7. The summed E-state index contributed by atoms with van der Waals surface area (Å²) in [5, 5.41) is 3.94. The van der Waals surface area contributed by atoms with E-state index in [0.717, 1.165) is 23.1 Å². The summed E-state index contributed by atoms with van der Waals surface area (Å²) in [5.74, 6) is -0.328. The Morgan fingerprint density at radius 2 is 1.65 bits per heavy atom. The number of benzene rings is 3. The third-order valence-corrected chi connectivity index (χ3v) is 6.24. The van der Waals surface area contributed by atoms with Crippen molar-refractivity contribution in [3.8, 4) is 0 Å². The molecule has 1 N–H and O–H groups in total. The molecule has 0 radical (unpaired) electrons. The van der Waals surface area contributed by atoms with Crippen LogP contribution in [0, 0.1) is 6.92 Å². The maximum absolute atomic E-state index is 13.7. The van der Waals surface area contributed by atoms with Crippen LogP contribution in [-0.4, -0.2) is 29.3 Å². The van der Waals surface area contributed by atoms with Crippen molar-refractivity contribution in [3.63, 3.8) is 0 Å². The van der Waals surface area contributed by atoms with E-state index in [0.29, 0.717) is 35.1 Å². The third kappa shape index (κ3) is 7.34. The van der Waals surface area contributed by atoms with E-state index in [1.165, 1.54) is 0 Å². The van der Waals surface area contributed by atoms with Gasteiger partial charge in [-0.3, -0.25) is 9.59 Å². The number of carbonyl (C=O) groups excluding carboxylic acids is 2. The van der Waals surface area contributed by atoms with Gasteiger partial charge in [0.15, 0.2) is 0 Å². The van der Waals surface area contributed by atoms with E-state index < -0.39 is 6.04 Å². The van der Waals surface area contributed by atoms with Gasteiger partial charge in [-0.25, -0.2) is 0 Å². The van der Waals surface area contributed by atoms with Crippen molar-refractivity contribution < 1.29 is 9.59 Å². The molecule has 0 saturated carbocycles. The lowest BCUT2D eigenvalue weighted by Gasteiger charge is -2.32. The second-order valence-electron chi connectivity index (χ2n) is 8.42. The van der Waals surface area contributed by atoms with Crippen molar-refractivity contribution in [1.29, 1.82) is 0 Å². The molecular weight excluding hydrogens is 467 g/mol. The van der Waals surface area contributed by atoms with Crippen molar-refractivity contribution in [2.75, 3.05) is 6.54 Å². The number of carbonyl (C=O) groups is 2. The summed E-state index contributed by atoms with van der Waals surface area (Å²) in [7, 11) is 0. The molecule has 0 fully saturated rings. The highest BCUT2D eigenvalue weighted by atomic mass is 35.5. The van der Waals surface area contributed by atoms with Gasteiger partial charge in [0, 0.05) is 29.6 Å². The van der Waals surface area contributed by atoms with E-state index in [-0.39, 0.29) is 18.2 Å². The molecule has 0 aromatic heterocycles. The first kappa shape index (κ1) is 25.8. The highest BCUT2D eigenvalue weighted by Crippen LogP contribution is 2.23. The van der Waals surface area contributed by atoms with E-state index in [9.17, 15) is 9.59 Å². The highest BCUT2D eigenvalue weighted by molar-refractivity contribution is 6.35. The monoisotopic (exact) mass is 496 g/mol. The first-order valence-electron chi connectivity index (χ1n) is 11.5. The summed E-state index contributed by atoms with van der Waals surface area (Å²) < 4.78 is 0. The molecule has 34 heavy (non-hydrogen) atoms. The van der Waals surface area contributed by atoms with Crippen molar-refractivity contribution in [1.82, 2.24) is 10.2 Å². The fourth-order valence-electron chi connectivity index (χ4n) is 3.74. The van der Waals surface area contributed by atoms with Crippen LogP contribution in [-0.2, 0) is 29.0 Å². The minimum Gasteiger partial charge on any atom is -0.354 e. The Bertz CT molecular complexity index is 1100. The van der Waals surface area contributed by atoms with Crippen LogP contribution >= 0.6 is 23.2 Å². The molecule has 0 spiro atoms. The summed E-state index contributed by atoms with van der Waals surface area (Å²) in [6, 6.07) is 22.2. The molecule has 0 heterocycles. The summed E-state index contributed by atoms with van der Waals surface area (Å²) in [4.78, 5) is 28.7. The molecule has 0 saturated heterocycles. The molecule has 4 nitrogen and oxygen atoms in total. The van der Waals surface area contributed by atoms with Gasteiger partial charge in [0.2, 0.25) is 11.8 Å².